The minimum Gasteiger partial charge on any atom is -0.444 e. The maximum atomic E-state index is 12.9. The molecule has 4 rings (SSSR count). The number of aromatic nitrogens is 2. The maximum Gasteiger partial charge on any atom is 0.410 e. The monoisotopic (exact) mass is 419 g/mol. The number of pyridine rings is 1. The van der Waals surface area contributed by atoms with E-state index in [2.05, 4.69) is 22.1 Å². The highest BCUT2D eigenvalue weighted by Crippen LogP contribution is 2.52. The molecule has 3 heterocycles. The lowest BCUT2D eigenvalue weighted by atomic mass is 9.83. The molecule has 140 valence electrons. The molecule has 2 aromatic heterocycles. The molecule has 1 aliphatic carbocycles. The highest BCUT2D eigenvalue weighted by molar-refractivity contribution is 9.10. The molecule has 6 heteroatoms. The van der Waals surface area contributed by atoms with Crippen molar-refractivity contribution in [1.29, 1.82) is 0 Å². The molecule has 1 aliphatic heterocycles. The summed E-state index contributed by atoms with van der Waals surface area (Å²) in [5.41, 5.74) is 1.60. The van der Waals surface area contributed by atoms with Crippen molar-refractivity contribution in [3.63, 3.8) is 0 Å². The van der Waals surface area contributed by atoms with Crippen LogP contribution >= 0.6 is 15.9 Å². The predicted molar refractivity (Wildman–Crippen MR) is 104 cm³/mol. The Kier molecular flexibility index (Phi) is 4.29. The van der Waals surface area contributed by atoms with E-state index in [1.165, 1.54) is 25.7 Å². The van der Waals surface area contributed by atoms with Crippen molar-refractivity contribution < 1.29 is 9.53 Å². The summed E-state index contributed by atoms with van der Waals surface area (Å²) < 4.78 is 8.75. The number of carbonyl (C=O) groups is 1. The highest BCUT2D eigenvalue weighted by Gasteiger charge is 2.49. The van der Waals surface area contributed by atoms with Crippen LogP contribution in [0.3, 0.4) is 0 Å². The van der Waals surface area contributed by atoms with Crippen molar-refractivity contribution >= 4 is 27.7 Å². The van der Waals surface area contributed by atoms with Gasteiger partial charge in [0, 0.05) is 23.4 Å². The summed E-state index contributed by atoms with van der Waals surface area (Å²) in [6.07, 6.45) is 9.73. The van der Waals surface area contributed by atoms with E-state index in [0.29, 0.717) is 0 Å². The van der Waals surface area contributed by atoms with Gasteiger partial charge in [-0.05, 0) is 73.5 Å². The number of fused-ring (bicyclic) bond motifs is 1. The van der Waals surface area contributed by atoms with Crippen molar-refractivity contribution in [3.05, 3.63) is 34.7 Å². The summed E-state index contributed by atoms with van der Waals surface area (Å²) in [4.78, 5) is 19.7. The fourth-order valence-electron chi connectivity index (χ4n) is 4.47. The average molecular weight is 420 g/mol. The van der Waals surface area contributed by atoms with E-state index in [1.807, 2.05) is 48.4 Å². The van der Waals surface area contributed by atoms with Gasteiger partial charge in [0.1, 0.15) is 11.2 Å². The fourth-order valence-corrected chi connectivity index (χ4v) is 4.82. The van der Waals surface area contributed by atoms with Crippen molar-refractivity contribution in [1.82, 2.24) is 14.3 Å². The van der Waals surface area contributed by atoms with Crippen LogP contribution in [0.25, 0.3) is 5.65 Å². The normalized spacial score (nSPS) is 22.5. The molecule has 0 N–H and O–H groups in total. The standard InChI is InChI=1S/C20H26BrN3O2/c1-19(2,3)26-18(25)24-13-20(8-4-5-9-20)10-16(24)15-12-23-11-14(21)6-7-17(23)22-15/h6-7,11-12,16H,4-5,8-10,13H2,1-3H3/t16-/m1/s1. The van der Waals surface area contributed by atoms with Gasteiger partial charge in [0.05, 0.1) is 11.7 Å². The first kappa shape index (κ1) is 17.8. The molecule has 1 saturated heterocycles. The number of likely N-dealkylation sites (tertiary alicyclic amines) is 1. The van der Waals surface area contributed by atoms with Crippen molar-refractivity contribution in [2.45, 2.75) is 64.5 Å². The topological polar surface area (TPSA) is 46.8 Å². The lowest BCUT2D eigenvalue weighted by Crippen LogP contribution is -2.37. The largest absolute Gasteiger partial charge is 0.444 e. The van der Waals surface area contributed by atoms with Crippen molar-refractivity contribution in [2.75, 3.05) is 6.54 Å². The SMILES string of the molecule is CC(C)(C)OC(=O)N1CC2(CCCC2)C[C@@H]1c1cn2cc(Br)ccc2n1. The van der Waals surface area contributed by atoms with Gasteiger partial charge in [-0.1, -0.05) is 12.8 Å². The van der Waals surface area contributed by atoms with Gasteiger partial charge in [0.25, 0.3) is 0 Å². The number of hydrogen-bond acceptors (Lipinski definition) is 3. The van der Waals surface area contributed by atoms with Crippen molar-refractivity contribution in [2.24, 2.45) is 5.41 Å². The first-order chi connectivity index (χ1) is 12.2. The van der Waals surface area contributed by atoms with Gasteiger partial charge in [0.15, 0.2) is 0 Å². The fraction of sp³-hybridized carbons (Fsp3) is 0.600. The van der Waals surface area contributed by atoms with Crippen LogP contribution in [0.1, 0.15) is 64.6 Å². The van der Waals surface area contributed by atoms with Crippen LogP contribution in [-0.4, -0.2) is 32.5 Å². The minimum atomic E-state index is -0.489. The van der Waals surface area contributed by atoms with Crippen LogP contribution in [0.5, 0.6) is 0 Å². The van der Waals surface area contributed by atoms with Crippen LogP contribution < -0.4 is 0 Å². The Labute approximate surface area is 162 Å². The van der Waals surface area contributed by atoms with E-state index in [-0.39, 0.29) is 17.6 Å². The smallest absolute Gasteiger partial charge is 0.410 e. The van der Waals surface area contributed by atoms with E-state index in [1.54, 1.807) is 0 Å². The van der Waals surface area contributed by atoms with Gasteiger partial charge >= 0.3 is 6.09 Å². The number of imidazole rings is 1. The Morgan fingerprint density at radius 1 is 1.27 bits per heavy atom. The zero-order chi connectivity index (χ0) is 18.5. The Bertz CT molecular complexity index is 833. The Hall–Kier alpha value is -1.56. The van der Waals surface area contributed by atoms with Crippen LogP contribution in [0.2, 0.25) is 0 Å². The summed E-state index contributed by atoms with van der Waals surface area (Å²) in [7, 11) is 0. The third kappa shape index (κ3) is 3.36. The Balaban J connectivity index is 1.68. The highest BCUT2D eigenvalue weighted by atomic mass is 79.9. The van der Waals surface area contributed by atoms with Gasteiger partial charge in [-0.2, -0.15) is 0 Å². The number of nitrogens with zero attached hydrogens (tertiary/aromatic N) is 3. The van der Waals surface area contributed by atoms with Crippen LogP contribution in [0.4, 0.5) is 4.79 Å². The number of hydrogen-bond donors (Lipinski definition) is 0. The van der Waals surface area contributed by atoms with Crippen LogP contribution in [0, 0.1) is 5.41 Å². The lowest BCUT2D eigenvalue weighted by Gasteiger charge is -2.28. The van der Waals surface area contributed by atoms with Gasteiger partial charge in [-0.25, -0.2) is 9.78 Å². The summed E-state index contributed by atoms with van der Waals surface area (Å²) in [5.74, 6) is 0. The molecule has 26 heavy (non-hydrogen) atoms. The van der Waals surface area contributed by atoms with Crippen molar-refractivity contribution in [3.8, 4) is 0 Å². The molecule has 0 aromatic carbocycles. The summed E-state index contributed by atoms with van der Waals surface area (Å²) in [6.45, 7) is 6.54. The molecule has 1 spiro atoms. The van der Waals surface area contributed by atoms with Gasteiger partial charge in [-0.15, -0.1) is 0 Å². The third-order valence-corrected chi connectivity index (χ3v) is 6.04. The van der Waals surface area contributed by atoms with Gasteiger partial charge in [0.2, 0.25) is 0 Å². The molecule has 1 atom stereocenters. The number of carbonyl (C=O) groups excluding carboxylic acids is 1. The molecular weight excluding hydrogens is 394 g/mol. The zero-order valence-electron chi connectivity index (χ0n) is 15.7. The van der Waals surface area contributed by atoms with Crippen LogP contribution in [-0.2, 0) is 4.74 Å². The number of amides is 1. The first-order valence-electron chi connectivity index (χ1n) is 9.39. The van der Waals surface area contributed by atoms with Gasteiger partial charge in [-0.3, -0.25) is 4.90 Å². The first-order valence-corrected chi connectivity index (χ1v) is 10.2. The van der Waals surface area contributed by atoms with E-state index < -0.39 is 5.60 Å². The van der Waals surface area contributed by atoms with E-state index in [4.69, 9.17) is 9.72 Å². The summed E-state index contributed by atoms with van der Waals surface area (Å²) >= 11 is 3.51. The Morgan fingerprint density at radius 2 is 2.00 bits per heavy atom. The average Bonchev–Trinajstić information content (AvgIpc) is 3.24. The third-order valence-electron chi connectivity index (χ3n) is 5.58. The molecule has 1 amide bonds. The number of rotatable bonds is 1. The predicted octanol–water partition coefficient (Wildman–Crippen LogP) is 5.34. The molecule has 0 radical (unpaired) electrons. The molecule has 2 aromatic rings. The van der Waals surface area contributed by atoms with E-state index >= 15 is 0 Å². The maximum absolute atomic E-state index is 12.9. The second-order valence-electron chi connectivity index (χ2n) is 8.81. The van der Waals surface area contributed by atoms with E-state index in [0.717, 1.165) is 28.8 Å². The van der Waals surface area contributed by atoms with Gasteiger partial charge < -0.3 is 9.14 Å². The molecule has 5 nitrogen and oxygen atoms in total. The summed E-state index contributed by atoms with van der Waals surface area (Å²) in [5, 5.41) is 0. The molecule has 0 bridgehead atoms. The molecule has 1 saturated carbocycles. The lowest BCUT2D eigenvalue weighted by molar-refractivity contribution is 0.0206. The quantitative estimate of drug-likeness (QED) is 0.626. The second-order valence-corrected chi connectivity index (χ2v) is 9.73. The molecular formula is C20H26BrN3O2. The molecule has 2 aliphatic rings. The molecule has 0 unspecified atom stereocenters. The number of ether oxygens (including phenoxy) is 1. The van der Waals surface area contributed by atoms with E-state index in [9.17, 15) is 4.79 Å². The minimum absolute atomic E-state index is 0.0124. The summed E-state index contributed by atoms with van der Waals surface area (Å²) in [6, 6.07) is 3.97. The number of halogens is 1. The Morgan fingerprint density at radius 3 is 2.69 bits per heavy atom. The zero-order valence-corrected chi connectivity index (χ0v) is 17.3. The van der Waals surface area contributed by atoms with Crippen LogP contribution in [0.15, 0.2) is 29.0 Å². The second kappa shape index (κ2) is 6.25. The molecule has 2 fully saturated rings.